The number of benzene rings is 2. The minimum absolute atomic E-state index is 0.436. The maximum Gasteiger partial charge on any atom is 0.146 e. The van der Waals surface area contributed by atoms with Crippen LogP contribution in [0.25, 0.3) is 22.2 Å². The summed E-state index contributed by atoms with van der Waals surface area (Å²) in [7, 11) is 0. The van der Waals surface area contributed by atoms with Crippen LogP contribution in [0.4, 0.5) is 5.82 Å². The van der Waals surface area contributed by atoms with E-state index in [4.69, 9.17) is 15.2 Å². The second-order valence-corrected chi connectivity index (χ2v) is 10.3. The Hall–Kier alpha value is -3.42. The van der Waals surface area contributed by atoms with Gasteiger partial charge in [-0.25, -0.2) is 9.97 Å². The van der Waals surface area contributed by atoms with E-state index < -0.39 is 0 Å². The topological polar surface area (TPSA) is 78.4 Å². The van der Waals surface area contributed by atoms with E-state index in [2.05, 4.69) is 37.8 Å². The average molecular weight is 498 g/mol. The monoisotopic (exact) mass is 497 g/mol. The first-order valence-electron chi connectivity index (χ1n) is 13.5. The number of rotatable bonds is 7. The van der Waals surface area contributed by atoms with Crippen LogP contribution in [-0.2, 0) is 4.74 Å². The number of hydrogen-bond donors (Lipinski definition) is 1. The molecule has 7 nitrogen and oxygen atoms in total. The number of hydrogen-bond acceptors (Lipinski definition) is 6. The third-order valence-electron chi connectivity index (χ3n) is 7.95. The normalized spacial score (nSPS) is 20.8. The van der Waals surface area contributed by atoms with Crippen molar-refractivity contribution in [1.82, 2.24) is 19.4 Å². The van der Waals surface area contributed by atoms with E-state index >= 15 is 0 Å². The molecule has 37 heavy (non-hydrogen) atoms. The molecule has 0 bridgehead atoms. The molecule has 1 aliphatic heterocycles. The largest absolute Gasteiger partial charge is 0.457 e. The molecule has 192 valence electrons. The summed E-state index contributed by atoms with van der Waals surface area (Å²) in [5.41, 5.74) is 9.50. The van der Waals surface area contributed by atoms with E-state index in [1.807, 2.05) is 42.5 Å². The number of nitrogen functional groups attached to an aromatic ring is 1. The Bertz CT molecular complexity index is 1310. The van der Waals surface area contributed by atoms with Gasteiger partial charge in [0.2, 0.25) is 0 Å². The summed E-state index contributed by atoms with van der Waals surface area (Å²) in [5, 5.41) is 0.939. The van der Waals surface area contributed by atoms with Crippen LogP contribution in [0.5, 0.6) is 11.5 Å². The molecular weight excluding hydrogens is 462 g/mol. The summed E-state index contributed by atoms with van der Waals surface area (Å²) in [4.78, 5) is 11.6. The highest BCUT2D eigenvalue weighted by Gasteiger charge is 2.26. The van der Waals surface area contributed by atoms with Gasteiger partial charge >= 0.3 is 0 Å². The van der Waals surface area contributed by atoms with Gasteiger partial charge in [-0.3, -0.25) is 4.90 Å². The Morgan fingerprint density at radius 2 is 1.62 bits per heavy atom. The van der Waals surface area contributed by atoms with Gasteiger partial charge in [0.25, 0.3) is 0 Å². The number of ether oxygens (including phenoxy) is 2. The van der Waals surface area contributed by atoms with Crippen LogP contribution in [0.15, 0.2) is 67.1 Å². The summed E-state index contributed by atoms with van der Waals surface area (Å²) in [6.45, 7) is 5.11. The third-order valence-corrected chi connectivity index (χ3v) is 7.95. The lowest BCUT2D eigenvalue weighted by Gasteiger charge is -2.32. The van der Waals surface area contributed by atoms with Crippen LogP contribution in [0.1, 0.15) is 38.1 Å². The number of anilines is 1. The van der Waals surface area contributed by atoms with Crippen molar-refractivity contribution in [2.24, 2.45) is 5.92 Å². The lowest BCUT2D eigenvalue weighted by atomic mass is 9.84. The lowest BCUT2D eigenvalue weighted by Crippen LogP contribution is -2.37. The van der Waals surface area contributed by atoms with E-state index in [0.717, 1.165) is 65.9 Å². The number of nitrogens with two attached hydrogens (primary N) is 1. The van der Waals surface area contributed by atoms with Gasteiger partial charge in [-0.15, -0.1) is 0 Å². The number of fused-ring (bicyclic) bond motifs is 1. The van der Waals surface area contributed by atoms with Crippen molar-refractivity contribution in [3.63, 3.8) is 0 Å². The Kier molecular flexibility index (Phi) is 7.06. The maximum atomic E-state index is 6.40. The molecule has 0 amide bonds. The van der Waals surface area contributed by atoms with Crippen LogP contribution < -0.4 is 10.5 Å². The Morgan fingerprint density at radius 1 is 0.892 bits per heavy atom. The lowest BCUT2D eigenvalue weighted by molar-refractivity contribution is 0.0342. The Morgan fingerprint density at radius 3 is 2.38 bits per heavy atom. The molecule has 2 fully saturated rings. The standard InChI is InChI=1S/C30H35N5O2/c31-29-28-27(23-8-12-26(13-9-23)37-25-4-2-1-3-5-25)20-35(30(28)33-21-32-29)24-10-6-22(7-11-24)14-15-34-16-18-36-19-17-34/h1-5,8-9,12-13,20-22,24H,6-7,10-11,14-19H2,(H2,31,32,33). The van der Waals surface area contributed by atoms with E-state index in [1.54, 1.807) is 6.33 Å². The van der Waals surface area contributed by atoms with Crippen LogP contribution in [-0.4, -0.2) is 52.3 Å². The highest BCUT2D eigenvalue weighted by molar-refractivity contribution is 6.00. The molecule has 2 aliphatic rings. The first kappa shape index (κ1) is 23.9. The van der Waals surface area contributed by atoms with Crippen molar-refractivity contribution in [2.75, 3.05) is 38.6 Å². The van der Waals surface area contributed by atoms with Gasteiger partial charge < -0.3 is 19.8 Å². The summed E-state index contributed by atoms with van der Waals surface area (Å²) >= 11 is 0. The van der Waals surface area contributed by atoms with Crippen molar-refractivity contribution in [2.45, 2.75) is 38.1 Å². The molecule has 3 heterocycles. The second-order valence-electron chi connectivity index (χ2n) is 10.3. The predicted molar refractivity (Wildman–Crippen MR) is 147 cm³/mol. The maximum absolute atomic E-state index is 6.40. The van der Waals surface area contributed by atoms with Crippen LogP contribution in [0.2, 0.25) is 0 Å². The fraction of sp³-hybridized carbons (Fsp3) is 0.400. The van der Waals surface area contributed by atoms with Crippen LogP contribution in [0.3, 0.4) is 0 Å². The summed E-state index contributed by atoms with van der Waals surface area (Å²) in [6, 6.07) is 18.5. The second kappa shape index (κ2) is 10.9. The zero-order valence-corrected chi connectivity index (χ0v) is 21.3. The zero-order chi connectivity index (χ0) is 25.0. The minimum atomic E-state index is 0.436. The van der Waals surface area contributed by atoms with E-state index in [0.29, 0.717) is 11.9 Å². The van der Waals surface area contributed by atoms with Crippen LogP contribution in [0, 0.1) is 5.92 Å². The predicted octanol–water partition coefficient (Wildman–Crippen LogP) is 5.93. The average Bonchev–Trinajstić information content (AvgIpc) is 3.35. The first-order chi connectivity index (χ1) is 18.2. The molecule has 0 atom stereocenters. The Labute approximate surface area is 218 Å². The van der Waals surface area contributed by atoms with Gasteiger partial charge in [-0.1, -0.05) is 30.3 Å². The number of aromatic nitrogens is 3. The molecule has 1 saturated carbocycles. The fourth-order valence-electron chi connectivity index (χ4n) is 5.83. The van der Waals surface area contributed by atoms with Gasteiger partial charge in [-0.2, -0.15) is 0 Å². The van der Waals surface area contributed by atoms with Crippen molar-refractivity contribution in [3.05, 3.63) is 67.1 Å². The molecule has 4 aromatic rings. The first-order valence-corrected chi connectivity index (χ1v) is 13.5. The molecule has 2 N–H and O–H groups in total. The van der Waals surface area contributed by atoms with Gasteiger partial charge in [-0.05, 0) is 74.4 Å². The molecule has 0 unspecified atom stereocenters. The number of para-hydroxylation sites is 1. The summed E-state index contributed by atoms with van der Waals surface area (Å²) in [6.07, 6.45) is 9.98. The van der Waals surface area contributed by atoms with Gasteiger partial charge in [0.05, 0.1) is 18.6 Å². The molecule has 2 aromatic heterocycles. The highest BCUT2D eigenvalue weighted by atomic mass is 16.5. The highest BCUT2D eigenvalue weighted by Crippen LogP contribution is 2.40. The molecule has 0 spiro atoms. The van der Waals surface area contributed by atoms with Crippen molar-refractivity contribution < 1.29 is 9.47 Å². The third kappa shape index (κ3) is 5.33. The molecule has 6 rings (SSSR count). The fourth-order valence-corrected chi connectivity index (χ4v) is 5.83. The minimum Gasteiger partial charge on any atom is -0.457 e. The van der Waals surface area contributed by atoms with Crippen LogP contribution >= 0.6 is 0 Å². The molecule has 1 aliphatic carbocycles. The summed E-state index contributed by atoms with van der Waals surface area (Å²) in [5.74, 6) is 2.96. The molecule has 0 radical (unpaired) electrons. The summed E-state index contributed by atoms with van der Waals surface area (Å²) < 4.78 is 13.8. The molecule has 7 heteroatoms. The van der Waals surface area contributed by atoms with E-state index in [9.17, 15) is 0 Å². The Balaban J connectivity index is 1.18. The van der Waals surface area contributed by atoms with Crippen molar-refractivity contribution in [1.29, 1.82) is 0 Å². The van der Waals surface area contributed by atoms with Crippen molar-refractivity contribution >= 4 is 16.9 Å². The van der Waals surface area contributed by atoms with Gasteiger partial charge in [0.15, 0.2) is 0 Å². The zero-order valence-electron chi connectivity index (χ0n) is 21.3. The van der Waals surface area contributed by atoms with Crippen molar-refractivity contribution in [3.8, 4) is 22.6 Å². The molecule has 2 aromatic carbocycles. The van der Waals surface area contributed by atoms with E-state index in [-0.39, 0.29) is 0 Å². The number of nitrogens with zero attached hydrogens (tertiary/aromatic N) is 4. The smallest absolute Gasteiger partial charge is 0.146 e. The van der Waals surface area contributed by atoms with Gasteiger partial charge in [0.1, 0.15) is 29.3 Å². The quantitative estimate of drug-likeness (QED) is 0.341. The van der Waals surface area contributed by atoms with Gasteiger partial charge in [0, 0.05) is 30.9 Å². The number of morpholine rings is 1. The molecule has 1 saturated heterocycles. The van der Waals surface area contributed by atoms with E-state index in [1.165, 1.54) is 38.6 Å². The molecular formula is C30H35N5O2. The SMILES string of the molecule is Nc1ncnc2c1c(-c1ccc(Oc3ccccc3)cc1)cn2C1CCC(CCN2CCOCC2)CC1.